The number of nitrogens with one attached hydrogen (secondary N) is 4. The van der Waals surface area contributed by atoms with E-state index < -0.39 is 0 Å². The first kappa shape index (κ1) is 21.8. The number of pyridine rings is 2. The lowest BCUT2D eigenvalue weighted by molar-refractivity contribution is -0.118. The number of nitrogens with zero attached hydrogens (tertiary/aromatic N) is 2. The number of hydrogen-bond donors (Lipinski definition) is 4. The Labute approximate surface area is 209 Å². The molecule has 0 radical (unpaired) electrons. The summed E-state index contributed by atoms with van der Waals surface area (Å²) in [7, 11) is 3.33. The molecule has 9 nitrogen and oxygen atoms in total. The molecule has 186 valence electrons. The largest absolute Gasteiger partial charge is 0.497 e. The zero-order valence-electron chi connectivity index (χ0n) is 20.4. The van der Waals surface area contributed by atoms with Gasteiger partial charge in [-0.25, -0.2) is 10.4 Å². The number of carbonyl (C=O) groups is 1. The van der Waals surface area contributed by atoms with Crippen molar-refractivity contribution in [3.05, 3.63) is 48.2 Å². The van der Waals surface area contributed by atoms with E-state index in [1.807, 2.05) is 36.4 Å². The molecule has 4 unspecified atom stereocenters. The van der Waals surface area contributed by atoms with Gasteiger partial charge < -0.3 is 20.1 Å². The third-order valence-corrected chi connectivity index (χ3v) is 8.80. The van der Waals surface area contributed by atoms with Gasteiger partial charge >= 0.3 is 0 Å². The molecule has 2 aliphatic carbocycles. The van der Waals surface area contributed by atoms with Gasteiger partial charge in [-0.2, -0.15) is 0 Å². The van der Waals surface area contributed by atoms with E-state index in [-0.39, 0.29) is 17.5 Å². The predicted molar refractivity (Wildman–Crippen MR) is 136 cm³/mol. The molecule has 2 saturated carbocycles. The Kier molecular flexibility index (Phi) is 4.87. The van der Waals surface area contributed by atoms with E-state index in [9.17, 15) is 4.79 Å². The molecule has 2 aromatic heterocycles. The fourth-order valence-electron chi connectivity index (χ4n) is 6.91. The van der Waals surface area contributed by atoms with Gasteiger partial charge in [0.25, 0.3) is 0 Å². The van der Waals surface area contributed by atoms with Crippen LogP contribution in [0.2, 0.25) is 0 Å². The van der Waals surface area contributed by atoms with Crippen LogP contribution in [0.5, 0.6) is 11.5 Å². The first-order chi connectivity index (χ1) is 17.6. The van der Waals surface area contributed by atoms with Crippen molar-refractivity contribution in [3.8, 4) is 11.5 Å². The van der Waals surface area contributed by atoms with Gasteiger partial charge in [0.1, 0.15) is 5.75 Å². The van der Waals surface area contributed by atoms with Crippen molar-refractivity contribution in [1.29, 1.82) is 0 Å². The number of ether oxygens (including phenoxy) is 2. The fraction of sp³-hybridized carbons (Fsp3) is 0.444. The molecule has 9 heteroatoms. The number of aromatic nitrogens is 2. The van der Waals surface area contributed by atoms with E-state index in [0.717, 1.165) is 59.5 Å². The van der Waals surface area contributed by atoms with Crippen LogP contribution in [0.4, 0.5) is 11.5 Å². The molecule has 2 aliphatic heterocycles. The minimum atomic E-state index is -0.387. The summed E-state index contributed by atoms with van der Waals surface area (Å²) in [4.78, 5) is 22.2. The number of amides is 1. The molecule has 4 N–H and O–H groups in total. The predicted octanol–water partition coefficient (Wildman–Crippen LogP) is 3.19. The van der Waals surface area contributed by atoms with Gasteiger partial charge in [0.05, 0.1) is 36.8 Å². The molecule has 4 heterocycles. The smallest absolute Gasteiger partial charge is 0.235 e. The quantitative estimate of drug-likeness (QED) is 0.435. The number of fused-ring (bicyclic) bond motifs is 4. The first-order valence-electron chi connectivity index (χ1n) is 12.7. The Hall–Kier alpha value is -3.43. The maximum atomic E-state index is 13.1. The number of hydrogen-bond acceptors (Lipinski definition) is 8. The molecule has 1 spiro atoms. The van der Waals surface area contributed by atoms with E-state index in [2.05, 4.69) is 26.5 Å². The minimum absolute atomic E-state index is 0.0411. The number of carbonyl (C=O) groups excluding carboxylic acids is 1. The Bertz CT molecular complexity index is 1360. The summed E-state index contributed by atoms with van der Waals surface area (Å²) in [5.41, 5.74) is 10.3. The van der Waals surface area contributed by atoms with Crippen molar-refractivity contribution in [2.45, 2.75) is 43.3 Å². The van der Waals surface area contributed by atoms with Crippen molar-refractivity contribution >= 4 is 28.4 Å². The van der Waals surface area contributed by atoms with Gasteiger partial charge in [-0.15, -0.1) is 0 Å². The van der Waals surface area contributed by atoms with E-state index in [1.165, 1.54) is 0 Å². The molecule has 1 aromatic carbocycles. The average Bonchev–Trinajstić information content (AvgIpc) is 3.46. The van der Waals surface area contributed by atoms with Crippen LogP contribution in [0, 0.1) is 17.8 Å². The van der Waals surface area contributed by atoms with Crippen LogP contribution in [-0.4, -0.2) is 42.3 Å². The lowest BCUT2D eigenvalue weighted by atomic mass is 9.74. The molecule has 36 heavy (non-hydrogen) atoms. The lowest BCUT2D eigenvalue weighted by Gasteiger charge is -2.34. The zero-order valence-corrected chi connectivity index (χ0v) is 20.4. The van der Waals surface area contributed by atoms with Gasteiger partial charge in [0, 0.05) is 29.9 Å². The van der Waals surface area contributed by atoms with E-state index in [4.69, 9.17) is 14.5 Å². The third-order valence-electron chi connectivity index (χ3n) is 8.80. The van der Waals surface area contributed by atoms with Crippen molar-refractivity contribution in [3.63, 3.8) is 0 Å². The molecule has 3 aromatic rings. The SMILES string of the molecule is COc1ccc2c(c1)[C@]1(C[C@H]1C1CCC3C(C1)NNC3Nc1nc3cccnc3cc1OC)C(=O)N2. The molecular weight excluding hydrogens is 456 g/mol. The molecule has 0 bridgehead atoms. The summed E-state index contributed by atoms with van der Waals surface area (Å²) in [5, 5.41) is 6.70. The van der Waals surface area contributed by atoms with Gasteiger partial charge in [0.15, 0.2) is 11.6 Å². The van der Waals surface area contributed by atoms with Crippen molar-refractivity contribution in [1.82, 2.24) is 20.8 Å². The summed E-state index contributed by atoms with van der Waals surface area (Å²) in [5.74, 6) is 3.64. The van der Waals surface area contributed by atoms with Crippen LogP contribution < -0.4 is 31.0 Å². The molecular formula is C27H30N6O3. The van der Waals surface area contributed by atoms with Crippen LogP contribution in [0.1, 0.15) is 31.2 Å². The number of methoxy groups -OCH3 is 2. The summed E-state index contributed by atoms with van der Waals surface area (Å²) < 4.78 is 11.1. The summed E-state index contributed by atoms with van der Waals surface area (Å²) in [6, 6.07) is 12.0. The number of anilines is 2. The maximum Gasteiger partial charge on any atom is 0.235 e. The first-order valence-corrected chi connectivity index (χ1v) is 12.7. The second-order valence-electron chi connectivity index (χ2n) is 10.5. The third kappa shape index (κ3) is 3.19. The molecule has 7 rings (SSSR count). The second kappa shape index (κ2) is 8.04. The van der Waals surface area contributed by atoms with Crippen molar-refractivity contribution in [2.24, 2.45) is 17.8 Å². The number of benzene rings is 1. The molecule has 3 fully saturated rings. The van der Waals surface area contributed by atoms with Gasteiger partial charge in [-0.3, -0.25) is 15.2 Å². The molecule has 1 saturated heterocycles. The monoisotopic (exact) mass is 486 g/mol. The minimum Gasteiger partial charge on any atom is -0.497 e. The number of rotatable bonds is 5. The Morgan fingerprint density at radius 2 is 2.00 bits per heavy atom. The molecule has 4 aliphatic rings. The molecule has 6 atom stereocenters. The fourth-order valence-corrected chi connectivity index (χ4v) is 6.91. The Morgan fingerprint density at radius 1 is 1.08 bits per heavy atom. The zero-order chi connectivity index (χ0) is 24.4. The molecule has 1 amide bonds. The summed E-state index contributed by atoms with van der Waals surface area (Å²) in [6.45, 7) is 0. The van der Waals surface area contributed by atoms with Crippen LogP contribution in [-0.2, 0) is 10.2 Å². The normalized spacial score (nSPS) is 32.2. The van der Waals surface area contributed by atoms with E-state index in [0.29, 0.717) is 29.5 Å². The standard InChI is InChI=1S/C27H30N6O3/c1-35-15-6-8-19-17(11-15)27(26(34)30-19)13-18(27)14-5-7-16-21(10-14)32-33-24(16)31-25-23(36-2)12-22-20(29-25)4-3-9-28-22/h3-4,6,8-9,11-12,14,16,18,21,24,32-33H,5,7,10,13H2,1-2H3,(H,29,31)(H,30,34)/t14?,16?,18-,21?,24?,27-/m0/s1. The average molecular weight is 487 g/mol. The van der Waals surface area contributed by atoms with E-state index >= 15 is 0 Å². The highest BCUT2D eigenvalue weighted by atomic mass is 16.5. The number of hydrazine groups is 1. The van der Waals surface area contributed by atoms with E-state index in [1.54, 1.807) is 20.4 Å². The van der Waals surface area contributed by atoms with Gasteiger partial charge in [-0.05, 0) is 73.4 Å². The highest BCUT2D eigenvalue weighted by Crippen LogP contribution is 2.65. The van der Waals surface area contributed by atoms with Crippen LogP contribution >= 0.6 is 0 Å². The Morgan fingerprint density at radius 3 is 2.86 bits per heavy atom. The van der Waals surface area contributed by atoms with Crippen LogP contribution in [0.3, 0.4) is 0 Å². The summed E-state index contributed by atoms with van der Waals surface area (Å²) in [6.07, 6.45) is 5.94. The summed E-state index contributed by atoms with van der Waals surface area (Å²) >= 11 is 0. The highest BCUT2D eigenvalue weighted by molar-refractivity contribution is 6.09. The maximum absolute atomic E-state index is 13.1. The second-order valence-corrected chi connectivity index (χ2v) is 10.5. The van der Waals surface area contributed by atoms with Gasteiger partial charge in [0.2, 0.25) is 5.91 Å². The lowest BCUT2D eigenvalue weighted by Crippen LogP contribution is -2.39. The highest BCUT2D eigenvalue weighted by Gasteiger charge is 2.67. The van der Waals surface area contributed by atoms with Crippen molar-refractivity contribution in [2.75, 3.05) is 24.9 Å². The van der Waals surface area contributed by atoms with Gasteiger partial charge in [-0.1, -0.05) is 0 Å². The van der Waals surface area contributed by atoms with Crippen molar-refractivity contribution < 1.29 is 14.3 Å². The Balaban J connectivity index is 1.07. The topological polar surface area (TPSA) is 109 Å². The van der Waals surface area contributed by atoms with Crippen LogP contribution in [0.25, 0.3) is 11.0 Å². The van der Waals surface area contributed by atoms with Crippen LogP contribution in [0.15, 0.2) is 42.6 Å².